The molecule has 13 heteroatoms. The number of unbranched alkanes of at least 4 members (excludes halogenated alkanes) is 13. The number of carbonyl (C=O) groups is 1. The van der Waals surface area contributed by atoms with E-state index in [2.05, 4.69) is 115 Å². The third-order valence-corrected chi connectivity index (χ3v) is 11.2. The Kier molecular flexibility index (Phi) is 40.1. The Morgan fingerprint density at radius 2 is 1.00 bits per heavy atom. The van der Waals surface area contributed by atoms with Gasteiger partial charge in [0.1, 0.15) is 30.5 Å². The highest BCUT2D eigenvalue weighted by molar-refractivity contribution is 7.80. The first-order valence-corrected chi connectivity index (χ1v) is 26.4. The second-order valence-corrected chi connectivity index (χ2v) is 17.7. The van der Waals surface area contributed by atoms with Gasteiger partial charge in [-0.05, 0) is 89.9 Å². The number of ether oxygens (including phenoxy) is 4. The molecule has 0 amide bonds. The monoisotopic (exact) mass is 949 g/mol. The van der Waals surface area contributed by atoms with Crippen molar-refractivity contribution in [1.29, 1.82) is 0 Å². The summed E-state index contributed by atoms with van der Waals surface area (Å²) in [5.41, 5.74) is 0. The highest BCUT2D eigenvalue weighted by Gasteiger charge is 2.48. The van der Waals surface area contributed by atoms with Gasteiger partial charge in [-0.15, -0.1) is 0 Å². The average Bonchev–Trinajstić information content (AvgIpc) is 3.29. The smallest absolute Gasteiger partial charge is 0.397 e. The van der Waals surface area contributed by atoms with Crippen LogP contribution >= 0.6 is 0 Å². The Bertz CT molecular complexity index is 1520. The van der Waals surface area contributed by atoms with Crippen molar-refractivity contribution in [3.63, 3.8) is 0 Å². The number of hydrogen-bond acceptors (Lipinski definition) is 11. The second kappa shape index (κ2) is 43.3. The molecule has 66 heavy (non-hydrogen) atoms. The Morgan fingerprint density at radius 1 is 0.576 bits per heavy atom. The maximum absolute atomic E-state index is 12.9. The summed E-state index contributed by atoms with van der Waals surface area (Å²) in [6.45, 7) is 3.70. The molecule has 0 radical (unpaired) electrons. The number of carbonyl (C=O) groups excluding carboxylic acids is 1. The molecule has 0 aromatic rings. The third kappa shape index (κ3) is 36.1. The van der Waals surface area contributed by atoms with Crippen molar-refractivity contribution in [1.82, 2.24) is 0 Å². The van der Waals surface area contributed by atoms with Crippen molar-refractivity contribution in [2.45, 2.75) is 205 Å². The summed E-state index contributed by atoms with van der Waals surface area (Å²) < 4.78 is 59.2. The SMILES string of the molecule is CC/C=C\C/C=C\C/C=C\C/C=C\CCCCCCCCCCCOCC(COC1OC(CO)C(O)C(OS(=O)(=O)O)C1O)OC(=O)CCCCCC/C=C\C/C=C\C/C=C\C/C=C\CC. The van der Waals surface area contributed by atoms with Crippen LogP contribution in [0.1, 0.15) is 168 Å². The summed E-state index contributed by atoms with van der Waals surface area (Å²) in [7, 11) is -5.07. The Morgan fingerprint density at radius 3 is 1.45 bits per heavy atom. The maximum Gasteiger partial charge on any atom is 0.397 e. The predicted molar refractivity (Wildman–Crippen MR) is 266 cm³/mol. The zero-order chi connectivity index (χ0) is 48.2. The summed E-state index contributed by atoms with van der Waals surface area (Å²) >= 11 is 0. The van der Waals surface area contributed by atoms with Gasteiger partial charge in [0, 0.05) is 13.0 Å². The first-order valence-electron chi connectivity index (χ1n) is 25.0. The standard InChI is InChI=1S/C53H88O12S/c1-3-5-7-9-11-13-15-17-19-21-22-23-24-25-27-29-31-33-35-37-39-41-43-61-45-47(46-62-53-51(57)52(65-66(58,59)60)50(56)48(44-54)64-53)63-49(55)42-40-38-36-34-32-30-28-26-20-18-16-14-12-10-8-6-4-2/h5-8,11-14,17-20,22-23,28,30,47-48,50-54,56-57H,3-4,9-10,15-16,21,24-27,29,31-46H2,1-2H3,(H,58,59,60)/b7-5-,8-6-,13-11-,14-12-,19-17-,20-18-,23-22-,30-28-. The molecule has 0 saturated carbocycles. The fourth-order valence-corrected chi connectivity index (χ4v) is 7.52. The van der Waals surface area contributed by atoms with Crippen LogP contribution < -0.4 is 0 Å². The number of allylic oxidation sites excluding steroid dienone is 16. The van der Waals surface area contributed by atoms with Crippen molar-refractivity contribution in [2.24, 2.45) is 0 Å². The quantitative estimate of drug-likeness (QED) is 0.0197. The van der Waals surface area contributed by atoms with Crippen LogP contribution in [0.2, 0.25) is 0 Å². The van der Waals surface area contributed by atoms with Gasteiger partial charge in [-0.1, -0.05) is 169 Å². The fourth-order valence-electron chi connectivity index (χ4n) is 7.01. The molecule has 0 spiro atoms. The Hall–Kier alpha value is -2.98. The molecule has 12 nitrogen and oxygen atoms in total. The molecule has 1 heterocycles. The van der Waals surface area contributed by atoms with Crippen LogP contribution in [0, 0.1) is 0 Å². The van der Waals surface area contributed by atoms with E-state index in [1.807, 2.05) is 0 Å². The van der Waals surface area contributed by atoms with Crippen LogP contribution in [0.3, 0.4) is 0 Å². The first-order chi connectivity index (χ1) is 32.1. The lowest BCUT2D eigenvalue weighted by atomic mass is 9.99. The minimum Gasteiger partial charge on any atom is -0.457 e. The lowest BCUT2D eigenvalue weighted by Gasteiger charge is -2.41. The highest BCUT2D eigenvalue weighted by atomic mass is 32.3. The van der Waals surface area contributed by atoms with Gasteiger partial charge < -0.3 is 34.3 Å². The molecule has 0 aliphatic carbocycles. The third-order valence-electron chi connectivity index (χ3n) is 10.7. The summed E-state index contributed by atoms with van der Waals surface area (Å²) in [5.74, 6) is -0.428. The van der Waals surface area contributed by atoms with Crippen LogP contribution in [-0.4, -0.2) is 97.5 Å². The Labute approximate surface area is 399 Å². The molecule has 1 fully saturated rings. The molecule has 0 aromatic carbocycles. The van der Waals surface area contributed by atoms with Crippen LogP contribution in [0.15, 0.2) is 97.2 Å². The van der Waals surface area contributed by atoms with Crippen LogP contribution in [0.25, 0.3) is 0 Å². The molecule has 0 aromatic heterocycles. The van der Waals surface area contributed by atoms with E-state index in [0.29, 0.717) is 13.0 Å². The van der Waals surface area contributed by atoms with Gasteiger partial charge in [0.15, 0.2) is 6.29 Å². The molecule has 1 aliphatic heterocycles. The van der Waals surface area contributed by atoms with Crippen molar-refractivity contribution in [3.8, 4) is 0 Å². The van der Waals surface area contributed by atoms with Crippen molar-refractivity contribution >= 4 is 16.4 Å². The molecule has 378 valence electrons. The summed E-state index contributed by atoms with van der Waals surface area (Å²) in [6.07, 6.45) is 50.1. The zero-order valence-corrected chi connectivity index (χ0v) is 41.3. The van der Waals surface area contributed by atoms with E-state index >= 15 is 0 Å². The van der Waals surface area contributed by atoms with Gasteiger partial charge in [0.2, 0.25) is 0 Å². The van der Waals surface area contributed by atoms with Gasteiger partial charge in [-0.3, -0.25) is 9.35 Å². The van der Waals surface area contributed by atoms with Gasteiger partial charge >= 0.3 is 16.4 Å². The van der Waals surface area contributed by atoms with Crippen LogP contribution in [-0.2, 0) is 38.3 Å². The topological polar surface area (TPSA) is 178 Å². The summed E-state index contributed by atoms with van der Waals surface area (Å²) in [5, 5.41) is 30.7. The molecule has 4 N–H and O–H groups in total. The molecule has 0 bridgehead atoms. The fraction of sp³-hybridized carbons (Fsp3) is 0.679. The molecule has 6 unspecified atom stereocenters. The predicted octanol–water partition coefficient (Wildman–Crippen LogP) is 11.4. The molecule has 6 atom stereocenters. The first kappa shape index (κ1) is 61.0. The lowest BCUT2D eigenvalue weighted by molar-refractivity contribution is -0.301. The molecular weight excluding hydrogens is 861 g/mol. The highest BCUT2D eigenvalue weighted by Crippen LogP contribution is 2.26. The van der Waals surface area contributed by atoms with Crippen molar-refractivity contribution in [3.05, 3.63) is 97.2 Å². The van der Waals surface area contributed by atoms with Gasteiger partial charge in [-0.25, -0.2) is 4.18 Å². The van der Waals surface area contributed by atoms with E-state index in [-0.39, 0.29) is 19.6 Å². The normalized spacial score (nSPS) is 20.4. The lowest BCUT2D eigenvalue weighted by Crippen LogP contribution is -2.60. The summed E-state index contributed by atoms with van der Waals surface area (Å²) in [6, 6.07) is 0. The Balaban J connectivity index is 2.40. The van der Waals surface area contributed by atoms with Crippen molar-refractivity contribution < 1.29 is 56.2 Å². The van der Waals surface area contributed by atoms with E-state index in [4.69, 9.17) is 18.9 Å². The number of hydrogen-bond donors (Lipinski definition) is 4. The number of rotatable bonds is 42. The van der Waals surface area contributed by atoms with Crippen molar-refractivity contribution in [2.75, 3.05) is 26.4 Å². The summed E-state index contributed by atoms with van der Waals surface area (Å²) in [4.78, 5) is 12.9. The van der Waals surface area contributed by atoms with Gasteiger partial charge in [0.05, 0.1) is 19.8 Å². The van der Waals surface area contributed by atoms with Crippen LogP contribution in [0.5, 0.6) is 0 Å². The molecule has 1 rings (SSSR count). The van der Waals surface area contributed by atoms with Gasteiger partial charge in [0.25, 0.3) is 0 Å². The van der Waals surface area contributed by atoms with Crippen LogP contribution in [0.4, 0.5) is 0 Å². The number of aliphatic hydroxyl groups is 3. The number of aliphatic hydroxyl groups excluding tert-OH is 3. The zero-order valence-electron chi connectivity index (χ0n) is 40.5. The molecule has 1 saturated heterocycles. The average molecular weight is 949 g/mol. The van der Waals surface area contributed by atoms with E-state index < -0.39 is 59.8 Å². The van der Waals surface area contributed by atoms with E-state index in [0.717, 1.165) is 103 Å². The minimum absolute atomic E-state index is 0.0152. The van der Waals surface area contributed by atoms with Gasteiger partial charge in [-0.2, -0.15) is 8.42 Å². The maximum atomic E-state index is 12.9. The van der Waals surface area contributed by atoms with E-state index in [9.17, 15) is 33.1 Å². The largest absolute Gasteiger partial charge is 0.457 e. The second-order valence-electron chi connectivity index (χ2n) is 16.6. The molecular formula is C53H88O12S. The molecule has 1 aliphatic rings. The minimum atomic E-state index is -5.07. The number of esters is 1. The van der Waals surface area contributed by atoms with E-state index in [1.54, 1.807) is 0 Å². The van der Waals surface area contributed by atoms with E-state index in [1.165, 1.54) is 38.5 Å².